The number of benzene rings is 1. The Labute approximate surface area is 76.4 Å². The number of hydrogen-bond donors (Lipinski definition) is 1. The topological polar surface area (TPSA) is 33.4 Å². The number of rotatable bonds is 2. The van der Waals surface area contributed by atoms with Crippen molar-refractivity contribution < 1.29 is 9.52 Å². The molecule has 1 aromatic heterocycles. The molecule has 2 heteroatoms. The Morgan fingerprint density at radius 2 is 2.08 bits per heavy atom. The van der Waals surface area contributed by atoms with E-state index in [4.69, 9.17) is 9.52 Å². The van der Waals surface area contributed by atoms with Crippen LogP contribution in [0.2, 0.25) is 0 Å². The molecular formula is C11H9O2. The highest BCUT2D eigenvalue weighted by Gasteiger charge is 2.02. The van der Waals surface area contributed by atoms with E-state index in [-0.39, 0.29) is 6.61 Å². The summed E-state index contributed by atoms with van der Waals surface area (Å²) in [6.07, 6.45) is 1.56. The molecule has 65 valence electrons. The maximum atomic E-state index is 8.83. The fraction of sp³-hybridized carbons (Fsp3) is 0.0909. The molecule has 13 heavy (non-hydrogen) atoms. The third-order valence-corrected chi connectivity index (χ3v) is 1.84. The Morgan fingerprint density at radius 1 is 1.31 bits per heavy atom. The fourth-order valence-corrected chi connectivity index (χ4v) is 1.16. The molecule has 1 heterocycles. The number of hydrogen-bond acceptors (Lipinski definition) is 2. The Kier molecular flexibility index (Phi) is 2.15. The first-order chi connectivity index (χ1) is 6.40. The Morgan fingerprint density at radius 3 is 2.69 bits per heavy atom. The van der Waals surface area contributed by atoms with E-state index >= 15 is 0 Å². The van der Waals surface area contributed by atoms with Gasteiger partial charge in [0.1, 0.15) is 5.76 Å². The smallest absolute Gasteiger partial charge is 0.134 e. The molecule has 0 saturated carbocycles. The van der Waals surface area contributed by atoms with Crippen LogP contribution in [0.5, 0.6) is 0 Å². The van der Waals surface area contributed by atoms with Crippen molar-refractivity contribution in [2.75, 3.05) is 0 Å². The maximum Gasteiger partial charge on any atom is 0.134 e. The predicted octanol–water partition coefficient (Wildman–Crippen LogP) is 2.24. The molecular weight excluding hydrogens is 164 g/mol. The minimum Gasteiger partial charge on any atom is -0.464 e. The van der Waals surface area contributed by atoms with Crippen molar-refractivity contribution >= 4 is 0 Å². The van der Waals surface area contributed by atoms with Crippen molar-refractivity contribution in [1.82, 2.24) is 0 Å². The average molecular weight is 173 g/mol. The molecule has 1 radical (unpaired) electrons. The molecule has 0 saturated heterocycles. The summed E-state index contributed by atoms with van der Waals surface area (Å²) in [6, 6.07) is 12.3. The van der Waals surface area contributed by atoms with Gasteiger partial charge in [-0.15, -0.1) is 0 Å². The summed E-state index contributed by atoms with van der Waals surface area (Å²) in [4.78, 5) is 0. The SMILES string of the molecule is OCc1coc(-c2cc[c]cc2)c1. The lowest BCUT2D eigenvalue weighted by molar-refractivity contribution is 0.280. The standard InChI is InChI=1S/C11H9O2/c12-7-9-6-11(13-8-9)10-4-2-1-3-5-10/h2-6,8,12H,7H2. The first-order valence-electron chi connectivity index (χ1n) is 4.05. The van der Waals surface area contributed by atoms with Gasteiger partial charge < -0.3 is 9.52 Å². The second kappa shape index (κ2) is 3.46. The Balaban J connectivity index is 2.36. The third-order valence-electron chi connectivity index (χ3n) is 1.84. The molecule has 2 rings (SSSR count). The zero-order valence-electron chi connectivity index (χ0n) is 7.03. The monoisotopic (exact) mass is 173 g/mol. The number of furan rings is 1. The van der Waals surface area contributed by atoms with E-state index in [1.54, 1.807) is 6.26 Å². The van der Waals surface area contributed by atoms with Crippen LogP contribution in [0.1, 0.15) is 5.56 Å². The molecule has 0 aliphatic carbocycles. The largest absolute Gasteiger partial charge is 0.464 e. The van der Waals surface area contributed by atoms with Gasteiger partial charge in [-0.3, -0.25) is 0 Å². The third kappa shape index (κ3) is 1.63. The minimum atomic E-state index is 0.0163. The lowest BCUT2D eigenvalue weighted by atomic mass is 10.1. The predicted molar refractivity (Wildman–Crippen MR) is 48.9 cm³/mol. The molecule has 1 N–H and O–H groups in total. The zero-order valence-corrected chi connectivity index (χ0v) is 7.03. The molecule has 0 bridgehead atoms. The van der Waals surface area contributed by atoms with Gasteiger partial charge in [0.15, 0.2) is 0 Å². The molecule has 1 aromatic carbocycles. The van der Waals surface area contributed by atoms with Crippen molar-refractivity contribution in [2.24, 2.45) is 0 Å². The minimum absolute atomic E-state index is 0.0163. The summed E-state index contributed by atoms with van der Waals surface area (Å²) in [6.45, 7) is 0.0163. The van der Waals surface area contributed by atoms with Crippen molar-refractivity contribution in [1.29, 1.82) is 0 Å². The van der Waals surface area contributed by atoms with Crippen LogP contribution in [0, 0.1) is 6.07 Å². The second-order valence-corrected chi connectivity index (χ2v) is 2.77. The van der Waals surface area contributed by atoms with Crippen molar-refractivity contribution in [3.05, 3.63) is 48.2 Å². The van der Waals surface area contributed by atoms with Gasteiger partial charge in [-0.05, 0) is 12.1 Å². The van der Waals surface area contributed by atoms with Crippen LogP contribution in [-0.2, 0) is 6.61 Å². The van der Waals surface area contributed by atoms with E-state index in [2.05, 4.69) is 6.07 Å². The summed E-state index contributed by atoms with van der Waals surface area (Å²) in [7, 11) is 0. The van der Waals surface area contributed by atoms with Crippen LogP contribution >= 0.6 is 0 Å². The van der Waals surface area contributed by atoms with Crippen LogP contribution in [0.3, 0.4) is 0 Å². The van der Waals surface area contributed by atoms with Crippen molar-refractivity contribution in [2.45, 2.75) is 6.61 Å². The molecule has 0 fully saturated rings. The molecule has 0 unspecified atom stereocenters. The summed E-state index contributed by atoms with van der Waals surface area (Å²) < 4.78 is 5.27. The van der Waals surface area contributed by atoms with Crippen LogP contribution in [0.4, 0.5) is 0 Å². The van der Waals surface area contributed by atoms with Gasteiger partial charge in [0.25, 0.3) is 0 Å². The van der Waals surface area contributed by atoms with E-state index in [9.17, 15) is 0 Å². The van der Waals surface area contributed by atoms with Gasteiger partial charge in [-0.2, -0.15) is 0 Å². The van der Waals surface area contributed by atoms with Gasteiger partial charge >= 0.3 is 0 Å². The highest BCUT2D eigenvalue weighted by molar-refractivity contribution is 5.57. The van der Waals surface area contributed by atoms with Gasteiger partial charge in [-0.1, -0.05) is 24.3 Å². The molecule has 0 amide bonds. The Bertz CT molecular complexity index is 376. The van der Waals surface area contributed by atoms with E-state index in [0.717, 1.165) is 16.9 Å². The summed E-state index contributed by atoms with van der Waals surface area (Å²) >= 11 is 0. The highest BCUT2D eigenvalue weighted by Crippen LogP contribution is 2.21. The first-order valence-corrected chi connectivity index (χ1v) is 4.05. The molecule has 0 atom stereocenters. The van der Waals surface area contributed by atoms with Crippen LogP contribution in [0.25, 0.3) is 11.3 Å². The Hall–Kier alpha value is -1.54. The maximum absolute atomic E-state index is 8.83. The summed E-state index contributed by atoms with van der Waals surface area (Å²) in [5.41, 5.74) is 1.79. The van der Waals surface area contributed by atoms with Gasteiger partial charge in [0, 0.05) is 11.1 Å². The van der Waals surface area contributed by atoms with Crippen molar-refractivity contribution in [3.63, 3.8) is 0 Å². The van der Waals surface area contributed by atoms with Crippen LogP contribution < -0.4 is 0 Å². The number of aliphatic hydroxyl groups excluding tert-OH is 1. The van der Waals surface area contributed by atoms with Gasteiger partial charge in [-0.25, -0.2) is 0 Å². The zero-order chi connectivity index (χ0) is 9.10. The van der Waals surface area contributed by atoms with Crippen LogP contribution in [0.15, 0.2) is 41.0 Å². The molecule has 0 spiro atoms. The fourth-order valence-electron chi connectivity index (χ4n) is 1.16. The molecule has 2 nitrogen and oxygen atoms in total. The normalized spacial score (nSPS) is 10.2. The first kappa shape index (κ1) is 8.08. The van der Waals surface area contributed by atoms with E-state index in [0.29, 0.717) is 0 Å². The molecule has 0 aliphatic heterocycles. The average Bonchev–Trinajstić information content (AvgIpc) is 2.67. The van der Waals surface area contributed by atoms with Gasteiger partial charge in [0.2, 0.25) is 0 Å². The quantitative estimate of drug-likeness (QED) is 0.755. The highest BCUT2D eigenvalue weighted by atomic mass is 16.3. The van der Waals surface area contributed by atoms with E-state index < -0.39 is 0 Å². The van der Waals surface area contributed by atoms with E-state index in [1.165, 1.54) is 0 Å². The number of aliphatic hydroxyl groups is 1. The van der Waals surface area contributed by atoms with Crippen molar-refractivity contribution in [3.8, 4) is 11.3 Å². The van der Waals surface area contributed by atoms with Gasteiger partial charge in [0.05, 0.1) is 12.9 Å². The molecule has 0 aliphatic rings. The molecule has 2 aromatic rings. The lowest BCUT2D eigenvalue weighted by Crippen LogP contribution is -1.74. The van der Waals surface area contributed by atoms with E-state index in [1.807, 2.05) is 30.3 Å². The summed E-state index contributed by atoms with van der Waals surface area (Å²) in [5.74, 6) is 0.776. The lowest BCUT2D eigenvalue weighted by Gasteiger charge is -1.92. The van der Waals surface area contributed by atoms with Crippen LogP contribution in [-0.4, -0.2) is 5.11 Å². The second-order valence-electron chi connectivity index (χ2n) is 2.77. The summed E-state index contributed by atoms with van der Waals surface area (Å²) in [5, 5.41) is 8.83.